The number of fused-ring (bicyclic) bond motifs is 4. The maximum Gasteiger partial charge on any atom is 0.282 e. The molecule has 0 spiro atoms. The van der Waals surface area contributed by atoms with E-state index in [9.17, 15) is 4.79 Å². The largest absolute Gasteiger partial charge is 0.285 e. The Labute approximate surface area is 114 Å². The summed E-state index contributed by atoms with van der Waals surface area (Å²) in [6.45, 7) is 2.03. The van der Waals surface area contributed by atoms with Gasteiger partial charge in [-0.15, -0.1) is 0 Å². The van der Waals surface area contributed by atoms with E-state index in [0.717, 1.165) is 16.5 Å². The van der Waals surface area contributed by atoms with Gasteiger partial charge in [0.1, 0.15) is 5.65 Å². The van der Waals surface area contributed by atoms with E-state index in [2.05, 4.69) is 9.97 Å². The predicted molar refractivity (Wildman–Crippen MR) is 79.0 cm³/mol. The summed E-state index contributed by atoms with van der Waals surface area (Å²) in [5.74, 6) is 0. The summed E-state index contributed by atoms with van der Waals surface area (Å²) < 4.78 is 1.85. The average molecular weight is 261 g/mol. The molecule has 4 rings (SSSR count). The summed E-state index contributed by atoms with van der Waals surface area (Å²) in [6.07, 6.45) is 1.87. The molecule has 4 aromatic rings. The molecule has 0 N–H and O–H groups in total. The Hall–Kier alpha value is -2.75. The molecule has 3 aromatic heterocycles. The Bertz CT molecular complexity index is 1030. The van der Waals surface area contributed by atoms with Crippen LogP contribution in [0.2, 0.25) is 0 Å². The van der Waals surface area contributed by atoms with Crippen LogP contribution in [0.5, 0.6) is 0 Å². The summed E-state index contributed by atoms with van der Waals surface area (Å²) in [4.78, 5) is 20.9. The Morgan fingerprint density at radius 2 is 1.95 bits per heavy atom. The predicted octanol–water partition coefficient (Wildman–Crippen LogP) is 2.70. The molecule has 0 saturated carbocycles. The van der Waals surface area contributed by atoms with Gasteiger partial charge in [-0.1, -0.05) is 18.2 Å². The average Bonchev–Trinajstić information content (AvgIpc) is 2.46. The molecule has 1 aromatic carbocycles. The van der Waals surface area contributed by atoms with Gasteiger partial charge >= 0.3 is 0 Å². The minimum atomic E-state index is -0.235. The van der Waals surface area contributed by atoms with Crippen LogP contribution in [0.15, 0.2) is 53.5 Å². The summed E-state index contributed by atoms with van der Waals surface area (Å²) in [5, 5.41) is 1.50. The molecule has 4 heteroatoms. The third-order valence-corrected chi connectivity index (χ3v) is 3.47. The number of nitrogens with zero attached hydrogens (tertiary/aromatic N) is 3. The molecule has 0 saturated heterocycles. The van der Waals surface area contributed by atoms with Crippen LogP contribution in [0.25, 0.3) is 27.6 Å². The smallest absolute Gasteiger partial charge is 0.282 e. The third-order valence-electron chi connectivity index (χ3n) is 3.47. The van der Waals surface area contributed by atoms with Crippen LogP contribution in [0.4, 0.5) is 0 Å². The molecule has 0 aliphatic carbocycles. The van der Waals surface area contributed by atoms with E-state index in [1.165, 1.54) is 0 Å². The maximum atomic E-state index is 12.1. The number of rotatable bonds is 0. The quantitative estimate of drug-likeness (QED) is 0.361. The minimum absolute atomic E-state index is 0.235. The zero-order valence-corrected chi connectivity index (χ0v) is 10.9. The Kier molecular flexibility index (Phi) is 2.15. The topological polar surface area (TPSA) is 47.3 Å². The molecule has 0 aliphatic heterocycles. The molecular weight excluding hydrogens is 250 g/mol. The van der Waals surface area contributed by atoms with Crippen molar-refractivity contribution in [1.29, 1.82) is 0 Å². The highest BCUT2D eigenvalue weighted by Gasteiger charge is 2.08. The molecule has 0 radical (unpaired) electrons. The summed E-state index contributed by atoms with van der Waals surface area (Å²) in [7, 11) is 0. The van der Waals surface area contributed by atoms with E-state index in [-0.39, 0.29) is 5.56 Å². The van der Waals surface area contributed by atoms with Gasteiger partial charge in [0, 0.05) is 11.6 Å². The van der Waals surface area contributed by atoms with Crippen molar-refractivity contribution in [3.05, 3.63) is 64.6 Å². The van der Waals surface area contributed by atoms with Crippen molar-refractivity contribution < 1.29 is 0 Å². The first-order chi connectivity index (χ1) is 9.72. The fourth-order valence-electron chi connectivity index (χ4n) is 2.48. The van der Waals surface area contributed by atoms with E-state index >= 15 is 0 Å². The highest BCUT2D eigenvalue weighted by Crippen LogP contribution is 2.18. The fourth-order valence-corrected chi connectivity index (χ4v) is 2.48. The van der Waals surface area contributed by atoms with E-state index in [1.807, 2.05) is 60.0 Å². The number of hydrogen-bond donors (Lipinski definition) is 0. The van der Waals surface area contributed by atoms with Gasteiger partial charge in [0.2, 0.25) is 0 Å². The highest BCUT2D eigenvalue weighted by molar-refractivity contribution is 5.91. The lowest BCUT2D eigenvalue weighted by Crippen LogP contribution is -2.11. The van der Waals surface area contributed by atoms with Gasteiger partial charge < -0.3 is 0 Å². The van der Waals surface area contributed by atoms with Crippen LogP contribution in [0.3, 0.4) is 0 Å². The summed E-state index contributed by atoms with van der Waals surface area (Å²) >= 11 is 0. The lowest BCUT2D eigenvalue weighted by atomic mass is 10.1. The lowest BCUT2D eigenvalue weighted by Gasteiger charge is -2.06. The first-order valence-electron chi connectivity index (χ1n) is 6.41. The number of pyridine rings is 2. The van der Waals surface area contributed by atoms with E-state index < -0.39 is 0 Å². The van der Waals surface area contributed by atoms with E-state index in [4.69, 9.17) is 0 Å². The lowest BCUT2D eigenvalue weighted by molar-refractivity contribution is 1.11. The van der Waals surface area contributed by atoms with Crippen LogP contribution in [0, 0.1) is 6.92 Å². The van der Waals surface area contributed by atoms with Crippen molar-refractivity contribution in [2.24, 2.45) is 0 Å². The molecule has 4 nitrogen and oxygen atoms in total. The number of benzene rings is 1. The van der Waals surface area contributed by atoms with Crippen molar-refractivity contribution in [3.8, 4) is 0 Å². The second-order valence-electron chi connectivity index (χ2n) is 4.90. The van der Waals surface area contributed by atoms with E-state index in [1.54, 1.807) is 0 Å². The molecular formula is C16H11N3O. The first kappa shape index (κ1) is 11.1. The van der Waals surface area contributed by atoms with Gasteiger partial charge in [-0.2, -0.15) is 4.98 Å². The Morgan fingerprint density at radius 1 is 1.05 bits per heavy atom. The Balaban J connectivity index is 2.30. The van der Waals surface area contributed by atoms with Crippen LogP contribution in [-0.2, 0) is 0 Å². The molecule has 0 fully saturated rings. The van der Waals surface area contributed by atoms with Crippen molar-refractivity contribution in [2.45, 2.75) is 6.92 Å². The molecule has 96 valence electrons. The van der Waals surface area contributed by atoms with Gasteiger partial charge in [-0.25, -0.2) is 4.98 Å². The molecule has 0 aliphatic rings. The SMILES string of the molecule is Cc1ccc2cc3c(=O)nc4ccccn4c3nc2c1. The van der Waals surface area contributed by atoms with Crippen LogP contribution in [-0.4, -0.2) is 14.4 Å². The van der Waals surface area contributed by atoms with Crippen LogP contribution < -0.4 is 5.56 Å². The minimum Gasteiger partial charge on any atom is -0.285 e. The van der Waals surface area contributed by atoms with Crippen molar-refractivity contribution in [2.75, 3.05) is 0 Å². The molecule has 0 amide bonds. The van der Waals surface area contributed by atoms with Crippen LogP contribution in [0.1, 0.15) is 5.56 Å². The second-order valence-corrected chi connectivity index (χ2v) is 4.90. The van der Waals surface area contributed by atoms with Gasteiger partial charge in [-0.3, -0.25) is 9.20 Å². The van der Waals surface area contributed by atoms with Gasteiger partial charge in [0.25, 0.3) is 5.56 Å². The summed E-state index contributed by atoms with van der Waals surface area (Å²) in [6, 6.07) is 13.5. The van der Waals surface area contributed by atoms with Gasteiger partial charge in [0.05, 0.1) is 10.9 Å². The van der Waals surface area contributed by atoms with Crippen molar-refractivity contribution in [3.63, 3.8) is 0 Å². The monoisotopic (exact) mass is 261 g/mol. The molecule has 0 unspecified atom stereocenters. The zero-order chi connectivity index (χ0) is 13.7. The van der Waals surface area contributed by atoms with Crippen molar-refractivity contribution in [1.82, 2.24) is 14.4 Å². The molecule has 0 atom stereocenters. The highest BCUT2D eigenvalue weighted by atomic mass is 16.1. The van der Waals surface area contributed by atoms with Crippen molar-refractivity contribution >= 4 is 27.6 Å². The molecule has 0 bridgehead atoms. The van der Waals surface area contributed by atoms with E-state index in [0.29, 0.717) is 16.7 Å². The van der Waals surface area contributed by atoms with Crippen LogP contribution >= 0.6 is 0 Å². The van der Waals surface area contributed by atoms with Gasteiger partial charge in [0.15, 0.2) is 5.65 Å². The second kappa shape index (κ2) is 3.87. The number of aromatic nitrogens is 3. The number of hydrogen-bond acceptors (Lipinski definition) is 3. The standard InChI is InChI=1S/C16H11N3O/c1-10-5-6-11-9-12-15(17-13(11)8-10)19-7-3-2-4-14(19)18-16(12)20/h2-9H,1H3. The first-order valence-corrected chi connectivity index (χ1v) is 6.41. The fraction of sp³-hybridized carbons (Fsp3) is 0.0625. The maximum absolute atomic E-state index is 12.1. The normalized spacial score (nSPS) is 11.4. The number of aryl methyl sites for hydroxylation is 1. The van der Waals surface area contributed by atoms with Gasteiger partial charge in [-0.05, 0) is 36.8 Å². The molecule has 3 heterocycles. The molecule has 20 heavy (non-hydrogen) atoms. The summed E-state index contributed by atoms with van der Waals surface area (Å²) in [5.41, 5.74) is 3.07. The Morgan fingerprint density at radius 3 is 2.85 bits per heavy atom. The zero-order valence-electron chi connectivity index (χ0n) is 10.9. The third kappa shape index (κ3) is 1.51.